The van der Waals surface area contributed by atoms with Gasteiger partial charge in [0.2, 0.25) is 0 Å². The molecule has 6 aromatic rings. The van der Waals surface area contributed by atoms with Gasteiger partial charge >= 0.3 is 30.2 Å². The van der Waals surface area contributed by atoms with Crippen LogP contribution >= 0.6 is 24.8 Å². The van der Waals surface area contributed by atoms with Gasteiger partial charge in [0, 0.05) is 0 Å². The van der Waals surface area contributed by atoms with Gasteiger partial charge in [0.05, 0.1) is 0 Å². The molecule has 2 atom stereocenters. The van der Waals surface area contributed by atoms with Crippen molar-refractivity contribution in [2.45, 2.75) is 110 Å². The fourth-order valence-corrected chi connectivity index (χ4v) is 7.99. The van der Waals surface area contributed by atoms with Crippen molar-refractivity contribution in [2.75, 3.05) is 0 Å². The average Bonchev–Trinajstić information content (AvgIpc) is 3.77. The van der Waals surface area contributed by atoms with E-state index in [0.717, 1.165) is 5.92 Å². The number of halogens is 2. The Balaban J connectivity index is 0.000000480. The number of hydrogen-bond acceptors (Lipinski definition) is 0. The predicted octanol–water partition coefficient (Wildman–Crippen LogP) is 16.0. The van der Waals surface area contributed by atoms with Gasteiger partial charge in [0.1, 0.15) is 0 Å². The zero-order chi connectivity index (χ0) is 34.8. The van der Waals surface area contributed by atoms with Crippen LogP contribution in [-0.4, -0.2) is 6.88 Å². The van der Waals surface area contributed by atoms with Crippen LogP contribution in [0.3, 0.4) is 0 Å². The first kappa shape index (κ1) is 48.8. The molecule has 0 bridgehead atoms. The Labute approximate surface area is 352 Å². The third-order valence-electron chi connectivity index (χ3n) is 10.8. The average molecular weight is 841 g/mol. The molecule has 0 heterocycles. The van der Waals surface area contributed by atoms with E-state index in [1.165, 1.54) is 142 Å². The number of aryl methyl sites for hydroxylation is 1. The molecule has 0 nitrogen and oxygen atoms in total. The van der Waals surface area contributed by atoms with Crippen LogP contribution in [0.2, 0.25) is 0 Å². The molecule has 53 heavy (non-hydrogen) atoms. The minimum absolute atomic E-state index is 0. The second-order valence-corrected chi connectivity index (χ2v) is 14.4. The van der Waals surface area contributed by atoms with Crippen molar-refractivity contribution in [3.63, 3.8) is 0 Å². The molecule has 0 aromatic heterocycles. The molecule has 0 spiro atoms. The van der Waals surface area contributed by atoms with Crippen molar-refractivity contribution in [1.82, 2.24) is 0 Å². The summed E-state index contributed by atoms with van der Waals surface area (Å²) in [5.41, 5.74) is 11.2. The van der Waals surface area contributed by atoms with E-state index in [1.807, 2.05) is 0 Å². The second kappa shape index (κ2) is 24.3. The molecule has 0 aliphatic heterocycles. The zero-order valence-corrected chi connectivity index (χ0v) is 38.4. The van der Waals surface area contributed by atoms with Crippen molar-refractivity contribution >= 4 is 53.2 Å². The maximum absolute atomic E-state index is 3.06. The van der Waals surface area contributed by atoms with E-state index >= 15 is 0 Å². The van der Waals surface area contributed by atoms with Crippen molar-refractivity contribution < 1.29 is 23.3 Å². The van der Waals surface area contributed by atoms with Crippen LogP contribution in [0.25, 0.3) is 43.8 Å². The summed E-state index contributed by atoms with van der Waals surface area (Å²) in [6.45, 7) is 14.4. The SMILES string of the molecule is CCCC(C)c1cc2c(-c3ccc(C4CCCCC4)cc3)cccc2[cH-]1.CCCC(C)c1ccc(-c2cccc3[cH-]c(C)cc23)cc1.Cl.Cl.[CH3-].[CH3-].[Si]=[Zr]. The summed E-state index contributed by atoms with van der Waals surface area (Å²) in [6.07, 6.45) is 12.0. The van der Waals surface area contributed by atoms with Gasteiger partial charge in [-0.05, 0) is 65.7 Å². The molecule has 1 aliphatic carbocycles. The van der Waals surface area contributed by atoms with Crippen LogP contribution in [0, 0.1) is 21.8 Å². The Morgan fingerprint density at radius 1 is 0.642 bits per heavy atom. The van der Waals surface area contributed by atoms with Gasteiger partial charge in [0.15, 0.2) is 0 Å². The van der Waals surface area contributed by atoms with E-state index in [0.29, 0.717) is 11.8 Å². The van der Waals surface area contributed by atoms with Crippen molar-refractivity contribution in [1.29, 1.82) is 0 Å². The quantitative estimate of drug-likeness (QED) is 0.100. The van der Waals surface area contributed by atoms with Gasteiger partial charge in [0.25, 0.3) is 0 Å². The van der Waals surface area contributed by atoms with Crippen molar-refractivity contribution in [2.24, 2.45) is 0 Å². The standard InChI is InChI=1S/C26H31.C21H23.2CH3.2ClH.Si.Zr/c1-3-8-19(2)24-17-23-11-7-12-25(26(23)18-24)22-15-13-21(14-16-22)20-9-5-4-6-10-20;1-4-6-16(3)17-9-11-18(12-10-17)20-8-5-7-19-13-15(2)14-21(19)20;;;;;;/h7,11-20H,3-6,8-10H2,1-2H3;5,7-14,16H,4,6H2,1-3H3;2*1H3;2*1H;;/q4*-1;;;;. The predicted molar refractivity (Wildman–Crippen MR) is 240 cm³/mol. The van der Waals surface area contributed by atoms with E-state index in [1.54, 1.807) is 5.56 Å². The molecule has 284 valence electrons. The summed E-state index contributed by atoms with van der Waals surface area (Å²) in [4.78, 5) is 0. The van der Waals surface area contributed by atoms with E-state index in [4.69, 9.17) is 0 Å². The van der Waals surface area contributed by atoms with Crippen LogP contribution in [0.1, 0.15) is 125 Å². The van der Waals surface area contributed by atoms with Gasteiger partial charge in [-0.25, -0.2) is 0 Å². The summed E-state index contributed by atoms with van der Waals surface area (Å²) in [5, 5.41) is 5.51. The van der Waals surface area contributed by atoms with E-state index in [2.05, 4.69) is 151 Å². The molecule has 7 rings (SSSR count). The Bertz CT molecular complexity index is 1890. The third kappa shape index (κ3) is 12.4. The number of rotatable bonds is 9. The summed E-state index contributed by atoms with van der Waals surface area (Å²) in [5.74, 6) is 2.09. The first-order valence-corrected chi connectivity index (χ1v) is 22.9. The molecule has 0 N–H and O–H groups in total. The third-order valence-corrected chi connectivity index (χ3v) is 10.8. The molecule has 0 amide bonds. The molecule has 1 saturated carbocycles. The molecule has 6 aromatic carbocycles. The van der Waals surface area contributed by atoms with E-state index < -0.39 is 0 Å². The number of hydrogen-bond donors (Lipinski definition) is 0. The van der Waals surface area contributed by atoms with Gasteiger partial charge in [-0.3, -0.25) is 0 Å². The van der Waals surface area contributed by atoms with Gasteiger partial charge in [-0.2, -0.15) is 12.1 Å². The van der Waals surface area contributed by atoms with Crippen LogP contribution in [-0.2, 0) is 23.3 Å². The molecule has 2 radical (unpaired) electrons. The monoisotopic (exact) mass is 838 g/mol. The molecule has 4 heteroatoms. The number of fused-ring (bicyclic) bond motifs is 2. The van der Waals surface area contributed by atoms with Crippen LogP contribution in [0.4, 0.5) is 0 Å². The Morgan fingerprint density at radius 2 is 1.13 bits per heavy atom. The topological polar surface area (TPSA) is 0 Å². The van der Waals surface area contributed by atoms with Gasteiger partial charge in [-0.1, -0.05) is 139 Å². The first-order valence-electron chi connectivity index (χ1n) is 18.8. The molecule has 0 saturated heterocycles. The Hall–Kier alpha value is -2.22. The molecule has 1 aliphatic rings. The summed E-state index contributed by atoms with van der Waals surface area (Å²) in [7, 11) is 0. The minimum atomic E-state index is 0. The van der Waals surface area contributed by atoms with Crippen LogP contribution in [0.5, 0.6) is 0 Å². The molecular formula is C49H62Cl2SiZr-4. The molecule has 1 fully saturated rings. The van der Waals surface area contributed by atoms with Crippen molar-refractivity contribution in [3.05, 3.63) is 146 Å². The fourth-order valence-electron chi connectivity index (χ4n) is 7.99. The molecule has 2 unspecified atom stereocenters. The Morgan fingerprint density at radius 3 is 1.68 bits per heavy atom. The summed E-state index contributed by atoms with van der Waals surface area (Å²) in [6, 6.07) is 41.3. The second-order valence-electron chi connectivity index (χ2n) is 14.4. The summed E-state index contributed by atoms with van der Waals surface area (Å²) < 4.78 is 0. The maximum atomic E-state index is 3.06. The van der Waals surface area contributed by atoms with Gasteiger partial charge < -0.3 is 14.9 Å². The molecular weight excluding hydrogens is 779 g/mol. The van der Waals surface area contributed by atoms with E-state index in [9.17, 15) is 0 Å². The van der Waals surface area contributed by atoms with Crippen molar-refractivity contribution in [3.8, 4) is 22.3 Å². The van der Waals surface area contributed by atoms with Gasteiger partial charge in [-0.15, -0.1) is 93.9 Å². The first-order chi connectivity index (χ1) is 23.9. The van der Waals surface area contributed by atoms with E-state index in [-0.39, 0.29) is 39.7 Å². The summed E-state index contributed by atoms with van der Waals surface area (Å²) >= 11 is 1.36. The zero-order valence-electron chi connectivity index (χ0n) is 33.3. The fraction of sp³-hybridized carbons (Fsp3) is 0.347. The van der Waals surface area contributed by atoms with Crippen LogP contribution < -0.4 is 0 Å². The normalized spacial score (nSPS) is 13.4. The Kier molecular flexibility index (Phi) is 22.4. The van der Waals surface area contributed by atoms with Crippen LogP contribution in [0.15, 0.2) is 109 Å². The number of benzene rings is 4.